The number of hydrogen-bond donors (Lipinski definition) is 0. The maximum atomic E-state index is 13.2. The van der Waals surface area contributed by atoms with E-state index in [0.717, 1.165) is 97.2 Å². The van der Waals surface area contributed by atoms with Gasteiger partial charge in [0, 0.05) is 84.1 Å². The van der Waals surface area contributed by atoms with E-state index in [9.17, 15) is 4.79 Å². The Bertz CT molecular complexity index is 1000. The number of piperazine rings is 1. The van der Waals surface area contributed by atoms with Crippen LogP contribution >= 0.6 is 0 Å². The minimum atomic E-state index is 0.326. The number of carbonyl (C=O) groups excluding carboxylic acids is 1. The van der Waals surface area contributed by atoms with E-state index in [1.807, 2.05) is 18.3 Å². The highest BCUT2D eigenvalue weighted by atomic mass is 16.5. The van der Waals surface area contributed by atoms with Crippen molar-refractivity contribution in [1.82, 2.24) is 24.6 Å². The molecule has 0 spiro atoms. The van der Waals surface area contributed by atoms with Gasteiger partial charge in [-0.25, -0.2) is 0 Å². The van der Waals surface area contributed by atoms with Crippen LogP contribution in [0.5, 0.6) is 0 Å². The number of pyridine rings is 1. The number of hydrogen-bond acceptors (Lipinski definition) is 6. The molecule has 3 fully saturated rings. The molecule has 0 bridgehead atoms. The summed E-state index contributed by atoms with van der Waals surface area (Å²) in [5.41, 5.74) is 2.36. The van der Waals surface area contributed by atoms with Crippen LogP contribution in [-0.2, 0) is 16.1 Å². The van der Waals surface area contributed by atoms with Crippen LogP contribution in [0.3, 0.4) is 0 Å². The van der Waals surface area contributed by atoms with Gasteiger partial charge >= 0.3 is 0 Å². The summed E-state index contributed by atoms with van der Waals surface area (Å²) in [6.45, 7) is 11.2. The summed E-state index contributed by atoms with van der Waals surface area (Å²) in [6.07, 6.45) is 9.06. The molecule has 3 saturated heterocycles. The molecule has 0 aliphatic carbocycles. The second-order valence-electron chi connectivity index (χ2n) is 10.9. The van der Waals surface area contributed by atoms with Gasteiger partial charge in [-0.2, -0.15) is 0 Å². The fraction of sp³-hybridized carbons (Fsp3) is 0.548. The van der Waals surface area contributed by atoms with Crippen molar-refractivity contribution >= 4 is 12.0 Å². The van der Waals surface area contributed by atoms with Gasteiger partial charge in [0.2, 0.25) is 5.91 Å². The topological polar surface area (TPSA) is 52.2 Å². The summed E-state index contributed by atoms with van der Waals surface area (Å²) < 4.78 is 5.63. The molecule has 3 aliphatic rings. The van der Waals surface area contributed by atoms with E-state index in [1.165, 1.54) is 5.56 Å². The van der Waals surface area contributed by atoms with Gasteiger partial charge < -0.3 is 9.64 Å². The first kappa shape index (κ1) is 27.0. The number of morpholine rings is 1. The molecule has 0 radical (unpaired) electrons. The number of likely N-dealkylation sites (tertiary alicyclic amines) is 1. The number of amides is 1. The van der Waals surface area contributed by atoms with Gasteiger partial charge in [0.1, 0.15) is 0 Å². The van der Waals surface area contributed by atoms with E-state index in [-0.39, 0.29) is 0 Å². The van der Waals surface area contributed by atoms with E-state index in [1.54, 1.807) is 0 Å². The molecular formula is C31H43N5O2. The summed E-state index contributed by atoms with van der Waals surface area (Å²) >= 11 is 0. The zero-order valence-corrected chi connectivity index (χ0v) is 22.7. The van der Waals surface area contributed by atoms with Crippen LogP contribution in [0.2, 0.25) is 0 Å². The van der Waals surface area contributed by atoms with E-state index in [2.05, 4.69) is 73.1 Å². The minimum Gasteiger partial charge on any atom is -0.379 e. The summed E-state index contributed by atoms with van der Waals surface area (Å²) in [4.78, 5) is 27.5. The van der Waals surface area contributed by atoms with Crippen molar-refractivity contribution in [1.29, 1.82) is 0 Å². The zero-order valence-electron chi connectivity index (χ0n) is 22.7. The average molecular weight is 518 g/mol. The second-order valence-corrected chi connectivity index (χ2v) is 10.9. The molecule has 2 aromatic rings. The lowest BCUT2D eigenvalue weighted by Crippen LogP contribution is -2.54. The first-order chi connectivity index (χ1) is 18.7. The highest BCUT2D eigenvalue weighted by molar-refractivity contribution is 5.76. The fourth-order valence-corrected chi connectivity index (χ4v) is 6.18. The Balaban J connectivity index is 1.10. The van der Waals surface area contributed by atoms with Gasteiger partial charge in [-0.05, 0) is 36.5 Å². The third-order valence-electron chi connectivity index (χ3n) is 8.33. The quantitative estimate of drug-likeness (QED) is 0.509. The highest BCUT2D eigenvalue weighted by Crippen LogP contribution is 2.28. The number of ether oxygens (including phenoxy) is 1. The molecule has 0 unspecified atom stereocenters. The van der Waals surface area contributed by atoms with Crippen LogP contribution in [-0.4, -0.2) is 109 Å². The second kappa shape index (κ2) is 14.0. The molecule has 1 aromatic carbocycles. The number of benzene rings is 1. The molecule has 5 rings (SSSR count). The third-order valence-corrected chi connectivity index (χ3v) is 8.33. The highest BCUT2D eigenvalue weighted by Gasteiger charge is 2.34. The molecule has 38 heavy (non-hydrogen) atoms. The number of carbonyl (C=O) groups is 1. The predicted octanol–water partition coefficient (Wildman–Crippen LogP) is 3.24. The predicted molar refractivity (Wildman–Crippen MR) is 152 cm³/mol. The first-order valence-corrected chi connectivity index (χ1v) is 14.4. The first-order valence-electron chi connectivity index (χ1n) is 14.4. The van der Waals surface area contributed by atoms with Crippen molar-refractivity contribution in [3.8, 4) is 0 Å². The van der Waals surface area contributed by atoms with Crippen molar-refractivity contribution in [3.63, 3.8) is 0 Å². The summed E-state index contributed by atoms with van der Waals surface area (Å²) in [5, 5.41) is 0. The van der Waals surface area contributed by atoms with E-state index in [0.29, 0.717) is 24.3 Å². The number of piperidine rings is 1. The summed E-state index contributed by atoms with van der Waals surface area (Å²) in [6, 6.07) is 17.1. The molecule has 1 aromatic heterocycles. The van der Waals surface area contributed by atoms with Crippen LogP contribution in [0.15, 0.2) is 60.8 Å². The number of nitrogens with zero attached hydrogens (tertiary/aromatic N) is 5. The van der Waals surface area contributed by atoms with Crippen molar-refractivity contribution in [2.45, 2.75) is 31.8 Å². The van der Waals surface area contributed by atoms with Crippen molar-refractivity contribution in [3.05, 3.63) is 72.1 Å². The minimum absolute atomic E-state index is 0.326. The molecule has 2 atom stereocenters. The lowest BCUT2D eigenvalue weighted by atomic mass is 9.86. The Morgan fingerprint density at radius 2 is 1.71 bits per heavy atom. The Morgan fingerprint density at radius 3 is 2.47 bits per heavy atom. The average Bonchev–Trinajstić information content (AvgIpc) is 2.98. The van der Waals surface area contributed by atoms with E-state index >= 15 is 0 Å². The Morgan fingerprint density at radius 1 is 0.921 bits per heavy atom. The van der Waals surface area contributed by atoms with Gasteiger partial charge in [-0.15, -0.1) is 0 Å². The van der Waals surface area contributed by atoms with Gasteiger partial charge in [-0.3, -0.25) is 24.5 Å². The van der Waals surface area contributed by atoms with Crippen molar-refractivity contribution in [2.75, 3.05) is 72.1 Å². The van der Waals surface area contributed by atoms with Crippen LogP contribution in [0.4, 0.5) is 0 Å². The van der Waals surface area contributed by atoms with Gasteiger partial charge in [0.05, 0.1) is 18.9 Å². The maximum absolute atomic E-state index is 13.2. The van der Waals surface area contributed by atoms with Crippen molar-refractivity contribution < 1.29 is 9.53 Å². The third kappa shape index (κ3) is 7.73. The van der Waals surface area contributed by atoms with Crippen LogP contribution < -0.4 is 0 Å². The van der Waals surface area contributed by atoms with Gasteiger partial charge in [-0.1, -0.05) is 48.6 Å². The smallest absolute Gasteiger partial charge is 0.222 e. The van der Waals surface area contributed by atoms with Crippen molar-refractivity contribution in [2.24, 2.45) is 5.92 Å². The summed E-state index contributed by atoms with van der Waals surface area (Å²) in [5.74, 6) is 0.825. The van der Waals surface area contributed by atoms with Crippen LogP contribution in [0.1, 0.15) is 30.5 Å². The van der Waals surface area contributed by atoms with Gasteiger partial charge in [0.15, 0.2) is 0 Å². The standard InChI is InChI=1S/C31H43N5O2/c37-31(36-19-17-33(18-20-36)15-6-9-27-7-2-1-3-8-27)12-11-28-25-34(26-29-10-4-5-14-32-29)16-13-30(28)35-21-23-38-24-22-35/h1-10,14,28,30H,11-13,15-26H2/b9-6+/t28-,30+/m1/s1. The molecule has 1 amide bonds. The molecule has 4 heterocycles. The maximum Gasteiger partial charge on any atom is 0.222 e. The molecule has 3 aliphatic heterocycles. The Hall–Kier alpha value is -2.58. The van der Waals surface area contributed by atoms with Crippen LogP contribution in [0, 0.1) is 5.92 Å². The normalized spacial score (nSPS) is 24.2. The van der Waals surface area contributed by atoms with Crippen LogP contribution in [0.25, 0.3) is 6.08 Å². The largest absolute Gasteiger partial charge is 0.379 e. The van der Waals surface area contributed by atoms with Gasteiger partial charge in [0.25, 0.3) is 0 Å². The van der Waals surface area contributed by atoms with E-state index in [4.69, 9.17) is 4.74 Å². The SMILES string of the molecule is O=C(CC[C@@H]1CN(Cc2ccccn2)CC[C@@H]1N1CCOCC1)N1CCN(C/C=C/c2ccccc2)CC1. The lowest BCUT2D eigenvalue weighted by Gasteiger charge is -2.45. The van der Waals surface area contributed by atoms with E-state index < -0.39 is 0 Å². The molecule has 204 valence electrons. The zero-order chi connectivity index (χ0) is 26.0. The molecular weight excluding hydrogens is 474 g/mol. The fourth-order valence-electron chi connectivity index (χ4n) is 6.18. The molecule has 7 nitrogen and oxygen atoms in total. The lowest BCUT2D eigenvalue weighted by molar-refractivity contribution is -0.133. The Kier molecular flexibility index (Phi) is 9.94. The molecule has 7 heteroatoms. The number of aromatic nitrogens is 1. The molecule has 0 N–H and O–H groups in total. The summed E-state index contributed by atoms with van der Waals surface area (Å²) in [7, 11) is 0. The monoisotopic (exact) mass is 517 g/mol. The Labute approximate surface area is 228 Å². The molecule has 0 saturated carbocycles. The number of rotatable bonds is 9.